The van der Waals surface area contributed by atoms with E-state index in [4.69, 9.17) is 5.73 Å². The van der Waals surface area contributed by atoms with Crippen molar-refractivity contribution in [3.63, 3.8) is 0 Å². The Morgan fingerprint density at radius 3 is 2.73 bits per heavy atom. The average Bonchev–Trinajstić information content (AvgIpc) is 2.33. The molecule has 0 spiro atoms. The van der Waals surface area contributed by atoms with E-state index in [9.17, 15) is 4.79 Å². The third-order valence-corrected chi connectivity index (χ3v) is 2.60. The third-order valence-electron chi connectivity index (χ3n) is 2.60. The SMILES string of the molecule is CC(C(N)=O)[C@@H]1CCCN1C. The molecule has 0 aromatic rings. The van der Waals surface area contributed by atoms with Gasteiger partial charge in [0.25, 0.3) is 0 Å². The fraction of sp³-hybridized carbons (Fsp3) is 0.875. The van der Waals surface area contributed by atoms with Gasteiger partial charge in [0.1, 0.15) is 0 Å². The molecule has 3 heteroatoms. The number of rotatable bonds is 2. The molecule has 0 radical (unpaired) electrons. The van der Waals surface area contributed by atoms with Crippen LogP contribution in [0.1, 0.15) is 19.8 Å². The van der Waals surface area contributed by atoms with Crippen LogP contribution < -0.4 is 5.73 Å². The normalized spacial score (nSPS) is 28.7. The van der Waals surface area contributed by atoms with Crippen molar-refractivity contribution in [1.29, 1.82) is 0 Å². The zero-order valence-corrected chi connectivity index (χ0v) is 7.21. The Hall–Kier alpha value is -0.570. The summed E-state index contributed by atoms with van der Waals surface area (Å²) in [6.45, 7) is 3.01. The predicted molar refractivity (Wildman–Crippen MR) is 44.0 cm³/mol. The van der Waals surface area contributed by atoms with Gasteiger partial charge in [-0.05, 0) is 26.4 Å². The second-order valence-electron chi connectivity index (χ2n) is 3.38. The number of carbonyl (C=O) groups is 1. The molecule has 0 aromatic heterocycles. The fourth-order valence-corrected chi connectivity index (χ4v) is 1.76. The van der Waals surface area contributed by atoms with Gasteiger partial charge in [0.2, 0.25) is 5.91 Å². The van der Waals surface area contributed by atoms with Gasteiger partial charge in [0, 0.05) is 6.04 Å². The molecule has 11 heavy (non-hydrogen) atoms. The summed E-state index contributed by atoms with van der Waals surface area (Å²) in [7, 11) is 2.05. The molecule has 3 nitrogen and oxygen atoms in total. The van der Waals surface area contributed by atoms with E-state index in [0.717, 1.165) is 13.0 Å². The Balaban J connectivity index is 2.52. The van der Waals surface area contributed by atoms with Crippen molar-refractivity contribution >= 4 is 5.91 Å². The predicted octanol–water partition coefficient (Wildman–Crippen LogP) is 0.202. The lowest BCUT2D eigenvalue weighted by Crippen LogP contribution is -2.38. The van der Waals surface area contributed by atoms with Crippen molar-refractivity contribution in [1.82, 2.24) is 4.90 Å². The number of nitrogens with zero attached hydrogens (tertiary/aromatic N) is 1. The molecule has 1 amide bonds. The first-order valence-corrected chi connectivity index (χ1v) is 4.12. The summed E-state index contributed by atoms with van der Waals surface area (Å²) in [5.41, 5.74) is 5.21. The van der Waals surface area contributed by atoms with Gasteiger partial charge >= 0.3 is 0 Å². The van der Waals surface area contributed by atoms with Gasteiger partial charge in [-0.25, -0.2) is 0 Å². The van der Waals surface area contributed by atoms with Crippen molar-refractivity contribution in [2.24, 2.45) is 11.7 Å². The van der Waals surface area contributed by atoms with Gasteiger partial charge in [0.05, 0.1) is 5.92 Å². The van der Waals surface area contributed by atoms with Gasteiger partial charge in [0.15, 0.2) is 0 Å². The first-order chi connectivity index (χ1) is 5.13. The molecule has 2 N–H and O–H groups in total. The molecule has 2 atom stereocenters. The number of amides is 1. The van der Waals surface area contributed by atoms with Crippen LogP contribution in [0.25, 0.3) is 0 Å². The van der Waals surface area contributed by atoms with Crippen LogP contribution in [0.4, 0.5) is 0 Å². The second-order valence-corrected chi connectivity index (χ2v) is 3.38. The molecule has 1 fully saturated rings. The smallest absolute Gasteiger partial charge is 0.221 e. The summed E-state index contributed by atoms with van der Waals surface area (Å²) in [6.07, 6.45) is 2.30. The fourth-order valence-electron chi connectivity index (χ4n) is 1.76. The number of nitrogens with two attached hydrogens (primary N) is 1. The van der Waals surface area contributed by atoms with Crippen molar-refractivity contribution in [3.05, 3.63) is 0 Å². The molecule has 1 rings (SSSR count). The largest absolute Gasteiger partial charge is 0.369 e. The summed E-state index contributed by atoms with van der Waals surface area (Å²) < 4.78 is 0. The van der Waals surface area contributed by atoms with Gasteiger partial charge in [-0.3, -0.25) is 4.79 Å². The minimum atomic E-state index is -0.177. The summed E-state index contributed by atoms with van der Waals surface area (Å²) in [5.74, 6) is -0.175. The maximum absolute atomic E-state index is 10.8. The molecule has 0 saturated carbocycles. The van der Waals surface area contributed by atoms with Crippen LogP contribution in [-0.2, 0) is 4.79 Å². The molecule has 0 aliphatic carbocycles. The molecule has 1 heterocycles. The topological polar surface area (TPSA) is 46.3 Å². The Kier molecular flexibility index (Phi) is 2.49. The van der Waals surface area contributed by atoms with Crippen LogP contribution in [0.3, 0.4) is 0 Å². The van der Waals surface area contributed by atoms with Crippen molar-refractivity contribution in [2.75, 3.05) is 13.6 Å². The quantitative estimate of drug-likeness (QED) is 0.621. The van der Waals surface area contributed by atoms with Crippen LogP contribution in [0.2, 0.25) is 0 Å². The highest BCUT2D eigenvalue weighted by atomic mass is 16.1. The number of carbonyl (C=O) groups excluding carboxylic acids is 1. The van der Waals surface area contributed by atoms with Crippen LogP contribution in [0.5, 0.6) is 0 Å². The van der Waals surface area contributed by atoms with Crippen molar-refractivity contribution in [3.8, 4) is 0 Å². The van der Waals surface area contributed by atoms with Crippen LogP contribution in [0, 0.1) is 5.92 Å². The lowest BCUT2D eigenvalue weighted by Gasteiger charge is -2.23. The Bertz CT molecular complexity index is 158. The first kappa shape index (κ1) is 8.53. The van der Waals surface area contributed by atoms with Crippen molar-refractivity contribution < 1.29 is 4.79 Å². The third kappa shape index (κ3) is 1.71. The molecular weight excluding hydrogens is 140 g/mol. The minimum Gasteiger partial charge on any atom is -0.369 e. The van der Waals surface area contributed by atoms with Crippen LogP contribution in [0.15, 0.2) is 0 Å². The average molecular weight is 156 g/mol. The molecule has 1 saturated heterocycles. The zero-order valence-electron chi connectivity index (χ0n) is 7.21. The number of likely N-dealkylation sites (tertiary alicyclic amines) is 1. The van der Waals surface area contributed by atoms with E-state index in [1.807, 2.05) is 6.92 Å². The van der Waals surface area contributed by atoms with Crippen LogP contribution in [-0.4, -0.2) is 30.4 Å². The van der Waals surface area contributed by atoms with Crippen LogP contribution >= 0.6 is 0 Å². The zero-order chi connectivity index (χ0) is 8.43. The van der Waals surface area contributed by atoms with Crippen molar-refractivity contribution in [2.45, 2.75) is 25.8 Å². The van der Waals surface area contributed by atoms with E-state index in [1.54, 1.807) is 0 Å². The van der Waals surface area contributed by atoms with E-state index in [0.29, 0.717) is 6.04 Å². The molecule has 64 valence electrons. The Morgan fingerprint density at radius 1 is 1.73 bits per heavy atom. The van der Waals surface area contributed by atoms with Gasteiger partial charge in [-0.2, -0.15) is 0 Å². The summed E-state index contributed by atoms with van der Waals surface area (Å²) in [4.78, 5) is 13.0. The summed E-state index contributed by atoms with van der Waals surface area (Å²) >= 11 is 0. The second kappa shape index (κ2) is 3.22. The van der Waals surface area contributed by atoms with E-state index in [2.05, 4.69) is 11.9 Å². The maximum atomic E-state index is 10.8. The molecule has 1 aliphatic heterocycles. The Morgan fingerprint density at radius 2 is 2.36 bits per heavy atom. The van der Waals surface area contributed by atoms with E-state index in [-0.39, 0.29) is 11.8 Å². The number of hydrogen-bond donors (Lipinski definition) is 1. The van der Waals surface area contributed by atoms with E-state index < -0.39 is 0 Å². The first-order valence-electron chi connectivity index (χ1n) is 4.12. The van der Waals surface area contributed by atoms with E-state index in [1.165, 1.54) is 6.42 Å². The summed E-state index contributed by atoms with van der Waals surface area (Å²) in [5, 5.41) is 0. The van der Waals surface area contributed by atoms with Gasteiger partial charge in [-0.15, -0.1) is 0 Å². The monoisotopic (exact) mass is 156 g/mol. The molecule has 1 unspecified atom stereocenters. The number of primary amides is 1. The number of hydrogen-bond acceptors (Lipinski definition) is 2. The highest BCUT2D eigenvalue weighted by Gasteiger charge is 2.29. The lowest BCUT2D eigenvalue weighted by molar-refractivity contribution is -0.122. The minimum absolute atomic E-state index is 0.00231. The Labute approximate surface area is 67.5 Å². The highest BCUT2D eigenvalue weighted by Crippen LogP contribution is 2.21. The molecule has 0 aromatic carbocycles. The van der Waals surface area contributed by atoms with Gasteiger partial charge < -0.3 is 10.6 Å². The van der Waals surface area contributed by atoms with Gasteiger partial charge in [-0.1, -0.05) is 6.92 Å². The molecular formula is C8H16N2O. The van der Waals surface area contributed by atoms with E-state index >= 15 is 0 Å². The molecule has 1 aliphatic rings. The lowest BCUT2D eigenvalue weighted by atomic mass is 9.99. The summed E-state index contributed by atoms with van der Waals surface area (Å²) in [6, 6.07) is 0.382. The standard InChI is InChI=1S/C8H16N2O/c1-6(8(9)11)7-4-3-5-10(7)2/h6-7H,3-5H2,1-2H3,(H2,9,11)/t6?,7-/m0/s1. The highest BCUT2D eigenvalue weighted by molar-refractivity contribution is 5.77. The maximum Gasteiger partial charge on any atom is 0.221 e. The molecule has 0 bridgehead atoms.